The van der Waals surface area contributed by atoms with Crippen LogP contribution in [0.4, 0.5) is 0 Å². The van der Waals surface area contributed by atoms with Gasteiger partial charge in [0, 0.05) is 32.2 Å². The van der Waals surface area contributed by atoms with Gasteiger partial charge in [0.2, 0.25) is 10.0 Å². The van der Waals surface area contributed by atoms with Crippen LogP contribution in [0.25, 0.3) is 0 Å². The lowest BCUT2D eigenvalue weighted by atomic mass is 10.1. The number of ether oxygens (including phenoxy) is 2. The lowest BCUT2D eigenvalue weighted by Gasteiger charge is -2.26. The van der Waals surface area contributed by atoms with Gasteiger partial charge in [0.25, 0.3) is 11.8 Å². The second kappa shape index (κ2) is 13.6. The average Bonchev–Trinajstić information content (AvgIpc) is 3.25. The number of hydrogen-bond donors (Lipinski definition) is 1. The summed E-state index contributed by atoms with van der Waals surface area (Å²) in [6.45, 7) is 6.68. The van der Waals surface area contributed by atoms with Crippen molar-refractivity contribution >= 4 is 32.0 Å². The lowest BCUT2D eigenvalue weighted by Crippen LogP contribution is -2.41. The molecule has 0 spiro atoms. The molecule has 2 heterocycles. The molecule has 240 valence electrons. The van der Waals surface area contributed by atoms with Gasteiger partial charge in [-0.05, 0) is 55.3 Å². The number of amides is 2. The van der Waals surface area contributed by atoms with Gasteiger partial charge in [0.05, 0.1) is 30.9 Å². The number of sulfonamides is 1. The number of morpholine rings is 1. The van der Waals surface area contributed by atoms with Crippen LogP contribution < -0.4 is 13.6 Å². The zero-order valence-electron chi connectivity index (χ0n) is 24.7. The van der Waals surface area contributed by atoms with Crippen molar-refractivity contribution in [1.82, 2.24) is 14.7 Å². The molecule has 0 saturated carbocycles. The van der Waals surface area contributed by atoms with E-state index >= 15 is 0 Å². The SMILES string of the molecule is CCCON1C(=O)c2cccc(Oc3cc(C)cc(OS(=O)(=O)c4ccccc4S(=O)(=O)NCCN4CCOCC4)c3)c2C1=O. The Bertz CT molecular complexity index is 1810. The quantitative estimate of drug-likeness (QED) is 0.212. The van der Waals surface area contributed by atoms with Crippen molar-refractivity contribution < 1.29 is 44.9 Å². The van der Waals surface area contributed by atoms with Crippen molar-refractivity contribution in [3.05, 3.63) is 77.4 Å². The number of carbonyl (C=O) groups is 2. The summed E-state index contributed by atoms with van der Waals surface area (Å²) in [5.74, 6) is -1.26. The summed E-state index contributed by atoms with van der Waals surface area (Å²) in [6.07, 6.45) is 0.591. The summed E-state index contributed by atoms with van der Waals surface area (Å²) in [7, 11) is -8.86. The number of nitrogens with one attached hydrogen (secondary N) is 1. The summed E-state index contributed by atoms with van der Waals surface area (Å²) >= 11 is 0. The molecule has 2 aliphatic heterocycles. The van der Waals surface area contributed by atoms with E-state index < -0.39 is 41.7 Å². The fourth-order valence-corrected chi connectivity index (χ4v) is 7.60. The first-order valence-electron chi connectivity index (χ1n) is 14.3. The largest absolute Gasteiger partial charge is 0.456 e. The van der Waals surface area contributed by atoms with Crippen molar-refractivity contribution in [2.24, 2.45) is 0 Å². The summed E-state index contributed by atoms with van der Waals surface area (Å²) in [4.78, 5) is 32.1. The number of hydroxylamine groups is 2. The molecule has 3 aromatic carbocycles. The van der Waals surface area contributed by atoms with Crippen LogP contribution >= 0.6 is 0 Å². The standard InChI is InChI=1S/C30H33N3O10S2/c1-3-15-41-33-29(34)24-7-6-8-25(28(24)30(33)35)42-22-18-21(2)19-23(20-22)43-45(38,39)27-10-5-4-9-26(27)44(36,37)31-11-12-32-13-16-40-17-14-32/h4-10,18-20,31H,3,11-17H2,1-2H3. The molecule has 1 saturated heterocycles. The summed E-state index contributed by atoms with van der Waals surface area (Å²) < 4.78 is 72.4. The van der Waals surface area contributed by atoms with Crippen LogP contribution in [0.1, 0.15) is 39.6 Å². The van der Waals surface area contributed by atoms with E-state index in [-0.39, 0.29) is 41.5 Å². The Morgan fingerprint density at radius 1 is 0.889 bits per heavy atom. The first-order valence-corrected chi connectivity index (χ1v) is 17.2. The van der Waals surface area contributed by atoms with Crippen molar-refractivity contribution in [2.45, 2.75) is 30.1 Å². The van der Waals surface area contributed by atoms with Gasteiger partial charge in [0.1, 0.15) is 27.0 Å². The van der Waals surface area contributed by atoms with Gasteiger partial charge in [-0.25, -0.2) is 13.1 Å². The smallest absolute Gasteiger partial charge is 0.340 e. The van der Waals surface area contributed by atoms with Crippen molar-refractivity contribution in [1.29, 1.82) is 0 Å². The number of hydrogen-bond acceptors (Lipinski definition) is 11. The summed E-state index contributed by atoms with van der Waals surface area (Å²) in [6, 6.07) is 14.0. The number of imide groups is 1. The molecule has 0 bridgehead atoms. The first-order chi connectivity index (χ1) is 21.5. The van der Waals surface area contributed by atoms with Crippen LogP contribution in [0.15, 0.2) is 70.5 Å². The molecule has 13 nitrogen and oxygen atoms in total. The van der Waals surface area contributed by atoms with Crippen LogP contribution in [0, 0.1) is 6.92 Å². The highest BCUT2D eigenvalue weighted by Gasteiger charge is 2.39. The van der Waals surface area contributed by atoms with Gasteiger partial charge in [-0.1, -0.05) is 25.1 Å². The number of fused-ring (bicyclic) bond motifs is 1. The lowest BCUT2D eigenvalue weighted by molar-refractivity contribution is -0.0910. The maximum absolute atomic E-state index is 13.4. The maximum atomic E-state index is 13.4. The summed E-state index contributed by atoms with van der Waals surface area (Å²) in [5.41, 5.74) is 0.665. The maximum Gasteiger partial charge on any atom is 0.340 e. The Balaban J connectivity index is 1.35. The van der Waals surface area contributed by atoms with Gasteiger partial charge in [-0.15, -0.1) is 5.06 Å². The highest BCUT2D eigenvalue weighted by molar-refractivity contribution is 7.91. The minimum Gasteiger partial charge on any atom is -0.456 e. The van der Waals surface area contributed by atoms with Crippen molar-refractivity contribution in [3.8, 4) is 17.2 Å². The Morgan fingerprint density at radius 3 is 2.33 bits per heavy atom. The van der Waals surface area contributed by atoms with Gasteiger partial charge >= 0.3 is 10.1 Å². The van der Waals surface area contributed by atoms with Gasteiger partial charge < -0.3 is 13.7 Å². The second-order valence-corrected chi connectivity index (χ2v) is 13.6. The first kappa shape index (κ1) is 32.5. The van der Waals surface area contributed by atoms with Gasteiger partial charge in [-0.3, -0.25) is 19.3 Å². The predicted molar refractivity (Wildman–Crippen MR) is 161 cm³/mol. The van der Waals surface area contributed by atoms with Gasteiger partial charge in [-0.2, -0.15) is 8.42 Å². The third-order valence-corrected chi connectivity index (χ3v) is 9.91. The normalized spacial score (nSPS) is 15.7. The van der Waals surface area contributed by atoms with E-state index in [0.717, 1.165) is 6.07 Å². The number of nitrogens with zero attached hydrogens (tertiary/aromatic N) is 2. The zero-order valence-corrected chi connectivity index (χ0v) is 26.4. The fourth-order valence-electron chi connectivity index (χ4n) is 4.86. The van der Waals surface area contributed by atoms with Crippen LogP contribution in [0.3, 0.4) is 0 Å². The molecular formula is C30H33N3O10S2. The van der Waals surface area contributed by atoms with Crippen LogP contribution in [-0.2, 0) is 29.7 Å². The fraction of sp³-hybridized carbons (Fsp3) is 0.333. The Hall–Kier alpha value is -3.86. The zero-order chi connectivity index (χ0) is 32.2. The van der Waals surface area contributed by atoms with Crippen molar-refractivity contribution in [2.75, 3.05) is 46.0 Å². The van der Waals surface area contributed by atoms with E-state index in [1.165, 1.54) is 42.5 Å². The van der Waals surface area contributed by atoms with E-state index in [9.17, 15) is 26.4 Å². The molecule has 2 amide bonds. The predicted octanol–water partition coefficient (Wildman–Crippen LogP) is 3.10. The molecule has 3 aromatic rings. The molecule has 15 heteroatoms. The Labute approximate surface area is 261 Å². The monoisotopic (exact) mass is 659 g/mol. The number of rotatable bonds is 13. The van der Waals surface area contributed by atoms with Crippen LogP contribution in [0.5, 0.6) is 17.2 Å². The third kappa shape index (κ3) is 7.35. The molecule has 5 rings (SSSR count). The molecular weight excluding hydrogens is 626 g/mol. The minimum atomic E-state index is -4.64. The molecule has 2 aliphatic rings. The van der Waals surface area contributed by atoms with E-state index in [4.69, 9.17) is 18.5 Å². The van der Waals surface area contributed by atoms with E-state index in [1.54, 1.807) is 19.1 Å². The minimum absolute atomic E-state index is 0.00968. The highest BCUT2D eigenvalue weighted by atomic mass is 32.2. The average molecular weight is 660 g/mol. The highest BCUT2D eigenvalue weighted by Crippen LogP contribution is 2.36. The second-order valence-electron chi connectivity index (χ2n) is 10.3. The third-order valence-electron chi connectivity index (χ3n) is 6.95. The van der Waals surface area contributed by atoms with Crippen LogP contribution in [-0.4, -0.2) is 84.6 Å². The Morgan fingerprint density at radius 2 is 1.60 bits per heavy atom. The number of carbonyl (C=O) groups excluding carboxylic acids is 2. The Kier molecular flexibility index (Phi) is 9.86. The molecule has 0 aliphatic carbocycles. The molecule has 1 N–H and O–H groups in total. The summed E-state index contributed by atoms with van der Waals surface area (Å²) in [5, 5.41) is 0.696. The molecule has 0 atom stereocenters. The molecule has 45 heavy (non-hydrogen) atoms. The topological polar surface area (TPSA) is 158 Å². The molecule has 0 aromatic heterocycles. The van der Waals surface area contributed by atoms with Crippen LogP contribution in [0.2, 0.25) is 0 Å². The number of benzene rings is 3. The molecule has 1 fully saturated rings. The van der Waals surface area contributed by atoms with E-state index in [1.807, 2.05) is 11.8 Å². The van der Waals surface area contributed by atoms with Gasteiger partial charge in [0.15, 0.2) is 0 Å². The van der Waals surface area contributed by atoms with Crippen molar-refractivity contribution in [3.63, 3.8) is 0 Å². The van der Waals surface area contributed by atoms with E-state index in [2.05, 4.69) is 4.72 Å². The number of aryl methyl sites for hydroxylation is 1. The molecule has 0 unspecified atom stereocenters. The molecule has 0 radical (unpaired) electrons. The van der Waals surface area contributed by atoms with E-state index in [0.29, 0.717) is 49.9 Å².